The first kappa shape index (κ1) is 32.0. The van der Waals surface area contributed by atoms with Crippen LogP contribution < -0.4 is 9.62 Å². The molecule has 1 N–H and O–H groups in total. The van der Waals surface area contributed by atoms with Gasteiger partial charge in [0.15, 0.2) is 0 Å². The minimum atomic E-state index is -4.00. The molecule has 0 aliphatic carbocycles. The summed E-state index contributed by atoms with van der Waals surface area (Å²) in [5.41, 5.74) is 1.38. The van der Waals surface area contributed by atoms with E-state index < -0.39 is 34.4 Å². The Morgan fingerprint density at radius 2 is 1.57 bits per heavy atom. The third kappa shape index (κ3) is 8.51. The zero-order chi connectivity index (χ0) is 29.6. The molecule has 1 atom stereocenters. The number of carbonyl (C=O) groups is 2. The highest BCUT2D eigenvalue weighted by molar-refractivity contribution is 7.92. The molecule has 2 amide bonds. The van der Waals surface area contributed by atoms with E-state index in [4.69, 9.17) is 46.4 Å². The molecule has 0 saturated carbocycles. The van der Waals surface area contributed by atoms with Gasteiger partial charge >= 0.3 is 0 Å². The largest absolute Gasteiger partial charge is 0.352 e. The van der Waals surface area contributed by atoms with Crippen LogP contribution in [0.2, 0.25) is 20.1 Å². The SMILES string of the molecule is CC(C)NC(=O)[C@@H](Cc1ccccc1)N(Cc1ccc(Cl)cc1Cl)C(=O)CN(c1cccc(Cl)c1Cl)S(C)(=O)=O. The van der Waals surface area contributed by atoms with E-state index in [0.717, 1.165) is 16.1 Å². The lowest BCUT2D eigenvalue weighted by atomic mass is 10.0. The molecule has 3 rings (SSSR count). The van der Waals surface area contributed by atoms with Gasteiger partial charge in [-0.05, 0) is 49.2 Å². The number of hydrogen-bond acceptors (Lipinski definition) is 4. The molecule has 0 spiro atoms. The normalized spacial score (nSPS) is 12.2. The zero-order valence-electron chi connectivity index (χ0n) is 22.1. The standard InChI is InChI=1S/C28H29Cl4N3O4S/c1-18(2)33-28(37)25(14-19-8-5-4-6-9-19)34(16-20-12-13-21(29)15-23(20)31)26(36)17-35(40(3,38)39)24-11-7-10-22(30)27(24)32/h4-13,15,18,25H,14,16-17H2,1-3H3,(H,33,37)/t25-/m1/s1. The van der Waals surface area contributed by atoms with Crippen LogP contribution in [0.5, 0.6) is 0 Å². The van der Waals surface area contributed by atoms with Crippen molar-refractivity contribution < 1.29 is 18.0 Å². The van der Waals surface area contributed by atoms with Crippen LogP contribution in [-0.2, 0) is 32.6 Å². The number of nitrogens with zero attached hydrogens (tertiary/aromatic N) is 2. The predicted octanol–water partition coefficient (Wildman–Crippen LogP) is 6.23. The molecule has 214 valence electrons. The van der Waals surface area contributed by atoms with Crippen molar-refractivity contribution in [3.8, 4) is 0 Å². The molecule has 7 nitrogen and oxygen atoms in total. The Hall–Kier alpha value is -2.49. The molecule has 3 aromatic carbocycles. The highest BCUT2D eigenvalue weighted by atomic mass is 35.5. The summed E-state index contributed by atoms with van der Waals surface area (Å²) in [4.78, 5) is 29.0. The number of amides is 2. The van der Waals surface area contributed by atoms with Crippen LogP contribution in [0.4, 0.5) is 5.69 Å². The molecular weight excluding hydrogens is 616 g/mol. The second-order valence-corrected chi connectivity index (χ2v) is 13.0. The second kappa shape index (κ2) is 13.9. The van der Waals surface area contributed by atoms with Gasteiger partial charge in [0.2, 0.25) is 21.8 Å². The molecule has 0 unspecified atom stereocenters. The summed E-state index contributed by atoms with van der Waals surface area (Å²) in [6.45, 7) is 2.90. The van der Waals surface area contributed by atoms with Crippen LogP contribution in [0.15, 0.2) is 66.7 Å². The Morgan fingerprint density at radius 3 is 2.17 bits per heavy atom. The van der Waals surface area contributed by atoms with Crippen molar-refractivity contribution in [3.05, 3.63) is 97.9 Å². The van der Waals surface area contributed by atoms with Gasteiger partial charge in [-0.2, -0.15) is 0 Å². The molecule has 0 aliphatic heterocycles. The quantitative estimate of drug-likeness (QED) is 0.268. The highest BCUT2D eigenvalue weighted by Crippen LogP contribution is 2.34. The average molecular weight is 645 g/mol. The number of carbonyl (C=O) groups excluding carboxylic acids is 2. The summed E-state index contributed by atoms with van der Waals surface area (Å²) in [5.74, 6) is -1.05. The maximum Gasteiger partial charge on any atom is 0.244 e. The van der Waals surface area contributed by atoms with Crippen LogP contribution in [0.25, 0.3) is 0 Å². The molecule has 0 aliphatic rings. The van der Waals surface area contributed by atoms with Crippen LogP contribution in [-0.4, -0.2) is 50.0 Å². The summed E-state index contributed by atoms with van der Waals surface area (Å²) in [6.07, 6.45) is 1.14. The second-order valence-electron chi connectivity index (χ2n) is 9.47. The van der Waals surface area contributed by atoms with E-state index in [9.17, 15) is 18.0 Å². The smallest absolute Gasteiger partial charge is 0.244 e. The maximum atomic E-state index is 14.1. The van der Waals surface area contributed by atoms with Gasteiger partial charge in [0, 0.05) is 29.1 Å². The number of anilines is 1. The number of rotatable bonds is 11. The molecule has 3 aromatic rings. The Labute approximate surface area is 255 Å². The van der Waals surface area contributed by atoms with Crippen LogP contribution in [0.3, 0.4) is 0 Å². The van der Waals surface area contributed by atoms with E-state index in [1.54, 1.807) is 12.1 Å². The van der Waals surface area contributed by atoms with E-state index in [1.807, 2.05) is 44.2 Å². The van der Waals surface area contributed by atoms with Crippen molar-refractivity contribution in [1.29, 1.82) is 0 Å². The third-order valence-electron chi connectivity index (χ3n) is 5.94. The number of halogens is 4. The molecule has 12 heteroatoms. The molecule has 0 aromatic heterocycles. The fourth-order valence-electron chi connectivity index (χ4n) is 4.05. The summed E-state index contributed by atoms with van der Waals surface area (Å²) >= 11 is 25.0. The summed E-state index contributed by atoms with van der Waals surface area (Å²) < 4.78 is 26.6. The zero-order valence-corrected chi connectivity index (χ0v) is 25.9. The Kier molecular flexibility index (Phi) is 11.1. The van der Waals surface area contributed by atoms with Gasteiger partial charge in [-0.25, -0.2) is 8.42 Å². The lowest BCUT2D eigenvalue weighted by Gasteiger charge is -2.34. The van der Waals surface area contributed by atoms with Crippen molar-refractivity contribution >= 4 is 73.9 Å². The Morgan fingerprint density at radius 1 is 0.900 bits per heavy atom. The molecule has 40 heavy (non-hydrogen) atoms. The maximum absolute atomic E-state index is 14.1. The third-order valence-corrected chi connectivity index (χ3v) is 8.46. The van der Waals surface area contributed by atoms with Gasteiger partial charge in [-0.1, -0.05) is 88.9 Å². The summed E-state index contributed by atoms with van der Waals surface area (Å²) in [5, 5.41) is 3.69. The molecule has 0 heterocycles. The monoisotopic (exact) mass is 643 g/mol. The first-order chi connectivity index (χ1) is 18.8. The fourth-order valence-corrected chi connectivity index (χ4v) is 5.82. The van der Waals surface area contributed by atoms with Crippen molar-refractivity contribution in [2.24, 2.45) is 0 Å². The first-order valence-electron chi connectivity index (χ1n) is 12.3. The topological polar surface area (TPSA) is 86.8 Å². The Balaban J connectivity index is 2.11. The number of benzene rings is 3. The van der Waals surface area contributed by atoms with Gasteiger partial charge in [-0.3, -0.25) is 13.9 Å². The van der Waals surface area contributed by atoms with Crippen molar-refractivity contribution in [3.63, 3.8) is 0 Å². The molecular formula is C28H29Cl4N3O4S. The molecule has 0 saturated heterocycles. The minimum absolute atomic E-state index is 0.0203. The van der Waals surface area contributed by atoms with Crippen molar-refractivity contribution in [2.45, 2.75) is 38.9 Å². The predicted molar refractivity (Wildman–Crippen MR) is 163 cm³/mol. The van der Waals surface area contributed by atoms with E-state index in [1.165, 1.54) is 29.2 Å². The molecule has 0 radical (unpaired) electrons. The van der Waals surface area contributed by atoms with Crippen LogP contribution in [0, 0.1) is 0 Å². The van der Waals surface area contributed by atoms with E-state index in [2.05, 4.69) is 5.32 Å². The van der Waals surface area contributed by atoms with Crippen LogP contribution in [0.1, 0.15) is 25.0 Å². The van der Waals surface area contributed by atoms with E-state index in [-0.39, 0.29) is 34.7 Å². The number of nitrogens with one attached hydrogen (secondary N) is 1. The van der Waals surface area contributed by atoms with Gasteiger partial charge in [0.05, 0.1) is 22.0 Å². The highest BCUT2D eigenvalue weighted by Gasteiger charge is 2.34. The molecule has 0 fully saturated rings. The lowest BCUT2D eigenvalue weighted by Crippen LogP contribution is -2.54. The van der Waals surface area contributed by atoms with Crippen LogP contribution >= 0.6 is 46.4 Å². The van der Waals surface area contributed by atoms with Gasteiger partial charge in [0.25, 0.3) is 0 Å². The average Bonchev–Trinajstić information content (AvgIpc) is 2.87. The van der Waals surface area contributed by atoms with Crippen molar-refractivity contribution in [1.82, 2.24) is 10.2 Å². The fraction of sp³-hybridized carbons (Fsp3) is 0.286. The molecule has 0 bridgehead atoms. The van der Waals surface area contributed by atoms with Crippen molar-refractivity contribution in [2.75, 3.05) is 17.1 Å². The van der Waals surface area contributed by atoms with E-state index in [0.29, 0.717) is 15.6 Å². The lowest BCUT2D eigenvalue weighted by molar-refractivity contribution is -0.140. The van der Waals surface area contributed by atoms with Gasteiger partial charge in [-0.15, -0.1) is 0 Å². The number of hydrogen-bond donors (Lipinski definition) is 1. The van der Waals surface area contributed by atoms with Gasteiger partial charge in [0.1, 0.15) is 12.6 Å². The summed E-state index contributed by atoms with van der Waals surface area (Å²) in [6, 6.07) is 17.3. The Bertz CT molecular complexity index is 1470. The number of sulfonamides is 1. The first-order valence-corrected chi connectivity index (χ1v) is 15.6. The van der Waals surface area contributed by atoms with Gasteiger partial charge < -0.3 is 10.2 Å². The van der Waals surface area contributed by atoms with E-state index >= 15 is 0 Å². The summed E-state index contributed by atoms with van der Waals surface area (Å²) in [7, 11) is -4.00. The minimum Gasteiger partial charge on any atom is -0.352 e.